The zero-order chi connectivity index (χ0) is 26.8. The molecule has 1 N–H and O–H groups in total. The number of benzene rings is 1. The van der Waals surface area contributed by atoms with Crippen molar-refractivity contribution >= 4 is 34.9 Å². The number of anilines is 2. The lowest BCUT2D eigenvalue weighted by Gasteiger charge is -2.39. The normalized spacial score (nSPS) is 18.8. The molecule has 4 heterocycles. The molecule has 3 aliphatic rings. The summed E-state index contributed by atoms with van der Waals surface area (Å²) in [6, 6.07) is 11.6. The van der Waals surface area contributed by atoms with Crippen molar-refractivity contribution in [3.8, 4) is 0 Å². The SMILES string of the molecule is CCOC(=O)N1CC=C(c2cccn3nc(Nc4ccc(C(=O)N5CCC6(CCCC6)CC5)cc4)nc23)CC1. The lowest BCUT2D eigenvalue weighted by Crippen LogP contribution is -2.42. The highest BCUT2D eigenvalue weighted by molar-refractivity contribution is 5.94. The molecule has 9 nitrogen and oxygen atoms in total. The molecule has 0 radical (unpaired) electrons. The first-order valence-corrected chi connectivity index (χ1v) is 14.2. The molecule has 1 saturated carbocycles. The van der Waals surface area contributed by atoms with Crippen LogP contribution in [0.1, 0.15) is 67.8 Å². The Bertz CT molecular complexity index is 1380. The van der Waals surface area contributed by atoms with Crippen molar-refractivity contribution < 1.29 is 14.3 Å². The quantitative estimate of drug-likeness (QED) is 0.469. The van der Waals surface area contributed by atoms with Gasteiger partial charge in [0, 0.05) is 49.2 Å². The van der Waals surface area contributed by atoms with Crippen LogP contribution in [0.25, 0.3) is 11.2 Å². The van der Waals surface area contributed by atoms with Gasteiger partial charge in [-0.1, -0.05) is 18.9 Å². The van der Waals surface area contributed by atoms with E-state index in [1.165, 1.54) is 25.7 Å². The van der Waals surface area contributed by atoms with Crippen LogP contribution < -0.4 is 5.32 Å². The Labute approximate surface area is 228 Å². The lowest BCUT2D eigenvalue weighted by molar-refractivity contribution is 0.0587. The summed E-state index contributed by atoms with van der Waals surface area (Å²) >= 11 is 0. The maximum Gasteiger partial charge on any atom is 0.410 e. The van der Waals surface area contributed by atoms with Gasteiger partial charge >= 0.3 is 6.09 Å². The molecule has 39 heavy (non-hydrogen) atoms. The molecule has 6 rings (SSSR count). The largest absolute Gasteiger partial charge is 0.450 e. The van der Waals surface area contributed by atoms with Crippen LogP contribution in [0.3, 0.4) is 0 Å². The summed E-state index contributed by atoms with van der Waals surface area (Å²) in [5.74, 6) is 0.608. The highest BCUT2D eigenvalue weighted by atomic mass is 16.6. The molecular weight excluding hydrogens is 492 g/mol. The van der Waals surface area contributed by atoms with Crippen LogP contribution in [0.15, 0.2) is 48.7 Å². The van der Waals surface area contributed by atoms with Gasteiger partial charge in [-0.25, -0.2) is 9.31 Å². The number of fused-ring (bicyclic) bond motifs is 1. The van der Waals surface area contributed by atoms with Gasteiger partial charge in [0.25, 0.3) is 5.91 Å². The molecule has 1 spiro atoms. The number of nitrogens with one attached hydrogen (secondary N) is 1. The highest BCUT2D eigenvalue weighted by Gasteiger charge is 2.38. The van der Waals surface area contributed by atoms with Gasteiger partial charge in [0.15, 0.2) is 5.65 Å². The van der Waals surface area contributed by atoms with E-state index in [0.29, 0.717) is 36.6 Å². The molecular formula is C30H36N6O3. The van der Waals surface area contributed by atoms with E-state index >= 15 is 0 Å². The minimum Gasteiger partial charge on any atom is -0.450 e. The van der Waals surface area contributed by atoms with Crippen molar-refractivity contribution in [1.29, 1.82) is 0 Å². The Morgan fingerprint density at radius 1 is 1.00 bits per heavy atom. The van der Waals surface area contributed by atoms with E-state index in [9.17, 15) is 9.59 Å². The van der Waals surface area contributed by atoms with Gasteiger partial charge in [-0.05, 0) is 86.4 Å². The van der Waals surface area contributed by atoms with Crippen LogP contribution in [-0.2, 0) is 4.74 Å². The maximum atomic E-state index is 13.1. The number of likely N-dealkylation sites (tertiary alicyclic amines) is 1. The maximum absolute atomic E-state index is 13.1. The van der Waals surface area contributed by atoms with Crippen LogP contribution >= 0.6 is 0 Å². The number of ether oxygens (including phenoxy) is 1. The number of hydrogen-bond acceptors (Lipinski definition) is 6. The molecule has 2 fully saturated rings. The van der Waals surface area contributed by atoms with Crippen LogP contribution in [0.4, 0.5) is 16.4 Å². The van der Waals surface area contributed by atoms with E-state index in [0.717, 1.165) is 54.8 Å². The first-order chi connectivity index (χ1) is 19.0. The second-order valence-corrected chi connectivity index (χ2v) is 11.0. The highest BCUT2D eigenvalue weighted by Crippen LogP contribution is 2.46. The second-order valence-electron chi connectivity index (χ2n) is 11.0. The van der Waals surface area contributed by atoms with E-state index in [1.807, 2.05) is 54.4 Å². The monoisotopic (exact) mass is 528 g/mol. The van der Waals surface area contributed by atoms with Crippen molar-refractivity contribution in [2.75, 3.05) is 38.1 Å². The number of carbonyl (C=O) groups excluding carboxylic acids is 2. The van der Waals surface area contributed by atoms with Gasteiger partial charge in [0.1, 0.15) is 0 Å². The third-order valence-electron chi connectivity index (χ3n) is 8.61. The zero-order valence-corrected chi connectivity index (χ0v) is 22.6. The van der Waals surface area contributed by atoms with Crippen molar-refractivity contribution in [2.24, 2.45) is 5.41 Å². The summed E-state index contributed by atoms with van der Waals surface area (Å²) in [5.41, 5.74) is 4.95. The molecule has 2 aromatic heterocycles. The average molecular weight is 529 g/mol. The number of aromatic nitrogens is 3. The van der Waals surface area contributed by atoms with E-state index < -0.39 is 0 Å². The van der Waals surface area contributed by atoms with Crippen molar-refractivity contribution in [2.45, 2.75) is 51.9 Å². The van der Waals surface area contributed by atoms with Crippen molar-refractivity contribution in [3.05, 3.63) is 59.8 Å². The number of pyridine rings is 1. The fourth-order valence-corrected chi connectivity index (χ4v) is 6.32. The molecule has 0 atom stereocenters. The number of nitrogens with zero attached hydrogens (tertiary/aromatic N) is 5. The predicted octanol–water partition coefficient (Wildman–Crippen LogP) is 5.51. The summed E-state index contributed by atoms with van der Waals surface area (Å²) in [4.78, 5) is 33.6. The third kappa shape index (κ3) is 5.22. The van der Waals surface area contributed by atoms with E-state index in [-0.39, 0.29) is 12.0 Å². The van der Waals surface area contributed by atoms with E-state index in [1.54, 1.807) is 9.42 Å². The minimum atomic E-state index is -0.277. The molecule has 2 amide bonds. The van der Waals surface area contributed by atoms with Crippen LogP contribution in [0, 0.1) is 5.41 Å². The molecule has 2 aliphatic heterocycles. The Kier molecular flexibility index (Phi) is 6.97. The number of amides is 2. The predicted molar refractivity (Wildman–Crippen MR) is 150 cm³/mol. The molecule has 1 aromatic carbocycles. The molecule has 204 valence electrons. The molecule has 1 saturated heterocycles. The number of piperidine rings is 1. The molecule has 9 heteroatoms. The van der Waals surface area contributed by atoms with Crippen LogP contribution in [0.5, 0.6) is 0 Å². The van der Waals surface area contributed by atoms with Gasteiger partial charge in [-0.2, -0.15) is 4.98 Å². The first kappa shape index (κ1) is 25.4. The Morgan fingerprint density at radius 2 is 1.77 bits per heavy atom. The van der Waals surface area contributed by atoms with E-state index in [4.69, 9.17) is 9.72 Å². The molecule has 1 aliphatic carbocycles. The van der Waals surface area contributed by atoms with E-state index in [2.05, 4.69) is 16.5 Å². The van der Waals surface area contributed by atoms with Crippen molar-refractivity contribution in [3.63, 3.8) is 0 Å². The summed E-state index contributed by atoms with van der Waals surface area (Å²) < 4.78 is 6.89. The van der Waals surface area contributed by atoms with Crippen LogP contribution in [0.2, 0.25) is 0 Å². The Morgan fingerprint density at radius 3 is 2.46 bits per heavy atom. The van der Waals surface area contributed by atoms with Crippen LogP contribution in [-0.4, -0.2) is 69.2 Å². The van der Waals surface area contributed by atoms with Gasteiger partial charge in [-0.15, -0.1) is 5.10 Å². The lowest BCUT2D eigenvalue weighted by atomic mass is 9.77. The zero-order valence-electron chi connectivity index (χ0n) is 22.6. The standard InChI is InChI=1S/C30H36N6O3/c1-2-39-29(38)35-18-11-22(12-19-35)25-6-5-17-36-26(25)32-28(33-36)31-24-9-7-23(8-10-24)27(37)34-20-15-30(16-21-34)13-3-4-14-30/h5-11,17H,2-4,12-16,18-21H2,1H3,(H,31,33). The van der Waals surface area contributed by atoms with Gasteiger partial charge in [0.05, 0.1) is 6.61 Å². The number of hydrogen-bond donors (Lipinski definition) is 1. The average Bonchev–Trinajstić information content (AvgIpc) is 3.60. The first-order valence-electron chi connectivity index (χ1n) is 14.2. The smallest absolute Gasteiger partial charge is 0.410 e. The van der Waals surface area contributed by atoms with Crippen molar-refractivity contribution in [1.82, 2.24) is 24.4 Å². The number of rotatable bonds is 5. The fourth-order valence-electron chi connectivity index (χ4n) is 6.32. The summed E-state index contributed by atoms with van der Waals surface area (Å²) in [7, 11) is 0. The Hall–Kier alpha value is -3.88. The second kappa shape index (κ2) is 10.7. The summed E-state index contributed by atoms with van der Waals surface area (Å²) in [6.45, 7) is 5.03. The number of carbonyl (C=O) groups is 2. The minimum absolute atomic E-state index is 0.118. The summed E-state index contributed by atoms with van der Waals surface area (Å²) in [6.07, 6.45) is 12.0. The van der Waals surface area contributed by atoms with Gasteiger partial charge in [-0.3, -0.25) is 4.79 Å². The molecule has 0 unspecified atom stereocenters. The molecule has 0 bridgehead atoms. The summed E-state index contributed by atoms with van der Waals surface area (Å²) in [5, 5.41) is 7.89. The molecule has 3 aromatic rings. The van der Waals surface area contributed by atoms with Gasteiger partial charge < -0.3 is 19.9 Å². The third-order valence-corrected chi connectivity index (χ3v) is 8.61. The van der Waals surface area contributed by atoms with Gasteiger partial charge in [0.2, 0.25) is 5.95 Å². The topological polar surface area (TPSA) is 92.1 Å². The fraction of sp³-hybridized carbons (Fsp3) is 0.467. The Balaban J connectivity index is 1.11.